The molecule has 0 saturated heterocycles. The number of nitrogens with one attached hydrogen (secondary N) is 2. The van der Waals surface area contributed by atoms with E-state index in [1.54, 1.807) is 0 Å². The Bertz CT molecular complexity index is 1270. The highest BCUT2D eigenvalue weighted by Crippen LogP contribution is 2.43. The normalized spacial score (nSPS) is 18.5. The van der Waals surface area contributed by atoms with Crippen molar-refractivity contribution in [2.24, 2.45) is 5.73 Å². The molecule has 4 rings (SSSR count). The summed E-state index contributed by atoms with van der Waals surface area (Å²) < 4.78 is 56.9. The number of primary amides is 1. The Balaban J connectivity index is 1.72. The van der Waals surface area contributed by atoms with Crippen LogP contribution in [0.3, 0.4) is 0 Å². The zero-order chi connectivity index (χ0) is 24.1. The van der Waals surface area contributed by atoms with Crippen molar-refractivity contribution in [2.75, 3.05) is 22.6 Å². The van der Waals surface area contributed by atoms with E-state index >= 15 is 4.39 Å². The molecule has 1 aliphatic heterocycles. The Labute approximate surface area is 186 Å². The minimum Gasteiger partial charge on any atom is -0.478 e. The van der Waals surface area contributed by atoms with Crippen LogP contribution in [-0.2, 0) is 4.79 Å². The van der Waals surface area contributed by atoms with Gasteiger partial charge in [-0.2, -0.15) is 0 Å². The van der Waals surface area contributed by atoms with Gasteiger partial charge in [0, 0.05) is 13.1 Å². The molecule has 1 aliphatic rings. The number of aromatic carboxylic acids is 1. The second kappa shape index (κ2) is 7.65. The maximum atomic E-state index is 15.2. The fourth-order valence-electron chi connectivity index (χ4n) is 3.48. The Hall–Kier alpha value is -3.81. The van der Waals surface area contributed by atoms with E-state index in [-0.39, 0.29) is 16.4 Å². The van der Waals surface area contributed by atoms with E-state index < -0.39 is 35.9 Å². The monoisotopic (exact) mass is 485 g/mol. The Morgan fingerprint density at radius 3 is 2.67 bits per heavy atom. The molecule has 0 bridgehead atoms. The Morgan fingerprint density at radius 1 is 1.30 bits per heavy atom. The summed E-state index contributed by atoms with van der Waals surface area (Å²) in [6.07, 6.45) is -7.22. The molecule has 9 nitrogen and oxygen atoms in total. The molecular formula is C19H15F4N5O4S. The molecule has 0 aliphatic carbocycles. The molecule has 0 fully saturated rings. The number of hydrogen-bond acceptors (Lipinski definition) is 8. The number of halogens is 4. The summed E-state index contributed by atoms with van der Waals surface area (Å²) in [7, 11) is 1.45. The topological polar surface area (TPSA) is 130 Å². The lowest BCUT2D eigenvalue weighted by Gasteiger charge is -2.39. The predicted octanol–water partition coefficient (Wildman–Crippen LogP) is 3.34. The van der Waals surface area contributed by atoms with E-state index in [0.717, 1.165) is 23.5 Å². The highest BCUT2D eigenvalue weighted by atomic mass is 32.1. The van der Waals surface area contributed by atoms with Gasteiger partial charge >= 0.3 is 12.3 Å². The van der Waals surface area contributed by atoms with Crippen molar-refractivity contribution in [1.29, 1.82) is 0 Å². The van der Waals surface area contributed by atoms with Crippen LogP contribution in [-0.4, -0.2) is 47.3 Å². The molecule has 2 heterocycles. The summed E-state index contributed by atoms with van der Waals surface area (Å²) >= 11 is 0.892. The molecule has 2 unspecified atom stereocenters. The number of nitrogens with two attached hydrogens (primary N) is 1. The number of benzene rings is 2. The Morgan fingerprint density at radius 2 is 2.03 bits per heavy atom. The molecule has 2 atom stereocenters. The first-order chi connectivity index (χ1) is 15.4. The van der Waals surface area contributed by atoms with Gasteiger partial charge in [-0.25, -0.2) is 14.2 Å². The third-order valence-electron chi connectivity index (χ3n) is 4.97. The highest BCUT2D eigenvalue weighted by Gasteiger charge is 2.52. The number of amides is 1. The van der Waals surface area contributed by atoms with Crippen molar-refractivity contribution in [3.8, 4) is 5.75 Å². The number of hydrogen-bond donors (Lipinski definition) is 4. The van der Waals surface area contributed by atoms with E-state index in [0.29, 0.717) is 15.9 Å². The van der Waals surface area contributed by atoms with Gasteiger partial charge in [0.1, 0.15) is 5.75 Å². The molecule has 2 aromatic carbocycles. The van der Waals surface area contributed by atoms with Crippen LogP contribution >= 0.6 is 11.3 Å². The summed E-state index contributed by atoms with van der Waals surface area (Å²) in [4.78, 5) is 28.7. The minimum absolute atomic E-state index is 0.0590. The average Bonchev–Trinajstić information content (AvgIpc) is 3.24. The van der Waals surface area contributed by atoms with Crippen LogP contribution in [0, 0.1) is 0 Å². The van der Waals surface area contributed by atoms with Gasteiger partial charge in [0.15, 0.2) is 5.13 Å². The van der Waals surface area contributed by atoms with E-state index in [1.807, 2.05) is 0 Å². The zero-order valence-electron chi connectivity index (χ0n) is 16.6. The van der Waals surface area contributed by atoms with Crippen LogP contribution in [0.4, 0.5) is 34.1 Å². The van der Waals surface area contributed by atoms with Crippen LogP contribution < -0.4 is 26.0 Å². The number of carboxylic acids is 1. The summed E-state index contributed by atoms with van der Waals surface area (Å²) in [6.45, 7) is 0. The lowest BCUT2D eigenvalue weighted by Crippen LogP contribution is -2.65. The number of thiazole rings is 1. The van der Waals surface area contributed by atoms with Crippen LogP contribution in [0.2, 0.25) is 0 Å². The van der Waals surface area contributed by atoms with Gasteiger partial charge in [-0.15, -0.1) is 13.2 Å². The molecule has 5 N–H and O–H groups in total. The average molecular weight is 485 g/mol. The first kappa shape index (κ1) is 22.4. The number of aromatic nitrogens is 1. The smallest absolute Gasteiger partial charge is 0.478 e. The van der Waals surface area contributed by atoms with E-state index in [2.05, 4.69) is 20.4 Å². The molecule has 0 saturated carbocycles. The standard InChI is InChI=1S/C19H15F4N5O4S/c1-28-12-5-2-8(16(30)31)6-11(12)26-18(28,14(20)15(24)29)27-17-25-10-4-3-9(7-13(10)33-17)32-19(21,22)23/h2-7,14,26H,1H3,(H2,24,29)(H,25,27)(H,30,31). The minimum atomic E-state index is -4.87. The van der Waals surface area contributed by atoms with Crippen LogP contribution in [0.1, 0.15) is 10.4 Å². The number of carbonyl (C=O) groups excluding carboxylic acids is 1. The maximum Gasteiger partial charge on any atom is 0.573 e. The lowest BCUT2D eigenvalue weighted by atomic mass is 10.1. The van der Waals surface area contributed by atoms with Crippen molar-refractivity contribution in [3.05, 3.63) is 42.0 Å². The molecule has 14 heteroatoms. The summed E-state index contributed by atoms with van der Waals surface area (Å²) in [5.41, 5.74) is 6.05. The second-order valence-corrected chi connectivity index (χ2v) is 8.10. The number of ether oxygens (including phenoxy) is 1. The molecule has 0 radical (unpaired) electrons. The highest BCUT2D eigenvalue weighted by molar-refractivity contribution is 7.22. The van der Waals surface area contributed by atoms with Crippen molar-refractivity contribution in [2.45, 2.75) is 18.3 Å². The van der Waals surface area contributed by atoms with Gasteiger partial charge in [-0.05, 0) is 30.3 Å². The van der Waals surface area contributed by atoms with Gasteiger partial charge < -0.3 is 31.1 Å². The number of anilines is 3. The predicted molar refractivity (Wildman–Crippen MR) is 112 cm³/mol. The van der Waals surface area contributed by atoms with Crippen LogP contribution in [0.5, 0.6) is 5.75 Å². The number of alkyl halides is 4. The first-order valence-electron chi connectivity index (χ1n) is 9.17. The summed E-state index contributed by atoms with van der Waals surface area (Å²) in [5, 5.41) is 14.8. The lowest BCUT2D eigenvalue weighted by molar-refractivity contribution is -0.274. The molecule has 1 amide bonds. The quantitative estimate of drug-likeness (QED) is 0.391. The molecule has 33 heavy (non-hydrogen) atoms. The Kier molecular flexibility index (Phi) is 5.19. The van der Waals surface area contributed by atoms with E-state index in [9.17, 15) is 27.9 Å². The van der Waals surface area contributed by atoms with E-state index in [1.165, 1.54) is 36.2 Å². The maximum absolute atomic E-state index is 15.2. The fraction of sp³-hybridized carbons (Fsp3) is 0.211. The van der Waals surface area contributed by atoms with Crippen molar-refractivity contribution in [1.82, 2.24) is 4.98 Å². The molecule has 174 valence electrons. The summed E-state index contributed by atoms with van der Waals surface area (Å²) in [6, 6.07) is 7.52. The first-order valence-corrected chi connectivity index (χ1v) is 9.98. The number of fused-ring (bicyclic) bond motifs is 2. The number of carboxylic acid groups (broad SMARTS) is 1. The molecular weight excluding hydrogens is 470 g/mol. The van der Waals surface area contributed by atoms with Gasteiger partial charge in [-0.3, -0.25) is 4.79 Å². The molecule has 0 spiro atoms. The second-order valence-electron chi connectivity index (χ2n) is 7.07. The van der Waals surface area contributed by atoms with Gasteiger partial charge in [0.05, 0.1) is 27.2 Å². The summed E-state index contributed by atoms with van der Waals surface area (Å²) in [5.74, 6) is -4.95. The van der Waals surface area contributed by atoms with Crippen molar-refractivity contribution >= 4 is 49.9 Å². The van der Waals surface area contributed by atoms with Gasteiger partial charge in [-0.1, -0.05) is 11.3 Å². The third kappa shape index (κ3) is 4.04. The number of nitrogens with zero attached hydrogens (tertiary/aromatic N) is 2. The number of rotatable bonds is 6. The van der Waals surface area contributed by atoms with Crippen LogP contribution in [0.25, 0.3) is 10.2 Å². The van der Waals surface area contributed by atoms with Gasteiger partial charge in [0.2, 0.25) is 12.0 Å². The SMILES string of the molecule is CN1c2ccc(C(=O)O)cc2NC1(Nc1nc2ccc(OC(F)(F)F)cc2s1)C(F)C(N)=O. The fourth-order valence-corrected chi connectivity index (χ4v) is 4.43. The van der Waals surface area contributed by atoms with Crippen molar-refractivity contribution in [3.63, 3.8) is 0 Å². The van der Waals surface area contributed by atoms with Crippen LogP contribution in [0.15, 0.2) is 36.4 Å². The largest absolute Gasteiger partial charge is 0.573 e. The molecule has 3 aromatic rings. The van der Waals surface area contributed by atoms with Gasteiger partial charge in [0.25, 0.3) is 5.91 Å². The zero-order valence-corrected chi connectivity index (χ0v) is 17.4. The van der Waals surface area contributed by atoms with Crippen molar-refractivity contribution < 1.29 is 37.0 Å². The van der Waals surface area contributed by atoms with E-state index in [4.69, 9.17) is 5.73 Å². The molecule has 1 aromatic heterocycles. The number of carbonyl (C=O) groups is 2. The third-order valence-corrected chi connectivity index (χ3v) is 5.90.